The van der Waals surface area contributed by atoms with Crippen LogP contribution in [0.15, 0.2) is 22.7 Å². The molecule has 1 saturated carbocycles. The van der Waals surface area contributed by atoms with Crippen molar-refractivity contribution < 1.29 is 4.74 Å². The first kappa shape index (κ1) is 16.1. The first-order chi connectivity index (χ1) is 9.30. The van der Waals surface area contributed by atoms with Gasteiger partial charge in [-0.05, 0) is 46.5 Å². The SMILES string of the molecule is CC(C)COC1CC(Nc2cc(Cl)ccc2Br)C1(C)C. The summed E-state index contributed by atoms with van der Waals surface area (Å²) in [6.07, 6.45) is 1.37. The summed E-state index contributed by atoms with van der Waals surface area (Å²) in [5.41, 5.74) is 1.19. The Morgan fingerprint density at radius 3 is 2.75 bits per heavy atom. The highest BCUT2D eigenvalue weighted by Gasteiger charge is 2.49. The van der Waals surface area contributed by atoms with Gasteiger partial charge >= 0.3 is 0 Å². The standard InChI is InChI=1S/C16H23BrClNO/c1-10(2)9-20-15-8-14(16(15,3)4)19-13-7-11(18)5-6-12(13)17/h5-7,10,14-15,19H,8-9H2,1-4H3. The molecular formula is C16H23BrClNO. The van der Waals surface area contributed by atoms with Gasteiger partial charge in [-0.3, -0.25) is 0 Å². The summed E-state index contributed by atoms with van der Waals surface area (Å²) in [4.78, 5) is 0. The summed E-state index contributed by atoms with van der Waals surface area (Å²) in [6.45, 7) is 9.73. The summed E-state index contributed by atoms with van der Waals surface area (Å²) >= 11 is 9.62. The highest BCUT2D eigenvalue weighted by Crippen LogP contribution is 2.45. The van der Waals surface area contributed by atoms with Crippen molar-refractivity contribution >= 4 is 33.2 Å². The molecule has 2 rings (SSSR count). The van der Waals surface area contributed by atoms with Crippen molar-refractivity contribution in [1.29, 1.82) is 0 Å². The largest absolute Gasteiger partial charge is 0.381 e. The van der Waals surface area contributed by atoms with E-state index in [2.05, 4.69) is 48.9 Å². The van der Waals surface area contributed by atoms with E-state index in [-0.39, 0.29) is 5.41 Å². The van der Waals surface area contributed by atoms with Crippen LogP contribution < -0.4 is 5.32 Å². The Bertz CT molecular complexity index is 476. The van der Waals surface area contributed by atoms with Crippen molar-refractivity contribution in [2.45, 2.75) is 46.3 Å². The van der Waals surface area contributed by atoms with Crippen LogP contribution >= 0.6 is 27.5 Å². The van der Waals surface area contributed by atoms with Crippen LogP contribution in [0.1, 0.15) is 34.1 Å². The van der Waals surface area contributed by atoms with E-state index < -0.39 is 0 Å². The van der Waals surface area contributed by atoms with Crippen molar-refractivity contribution in [3.05, 3.63) is 27.7 Å². The molecule has 0 heterocycles. The van der Waals surface area contributed by atoms with Crippen LogP contribution in [0, 0.1) is 11.3 Å². The monoisotopic (exact) mass is 359 g/mol. The Balaban J connectivity index is 1.97. The van der Waals surface area contributed by atoms with Gasteiger partial charge in [-0.25, -0.2) is 0 Å². The van der Waals surface area contributed by atoms with E-state index in [9.17, 15) is 0 Å². The molecule has 0 saturated heterocycles. The van der Waals surface area contributed by atoms with Crippen molar-refractivity contribution in [1.82, 2.24) is 0 Å². The Hall–Kier alpha value is -0.250. The molecule has 20 heavy (non-hydrogen) atoms. The first-order valence-corrected chi connectivity index (χ1v) is 8.31. The lowest BCUT2D eigenvalue weighted by atomic mass is 9.64. The molecule has 2 unspecified atom stereocenters. The molecule has 1 aliphatic carbocycles. The summed E-state index contributed by atoms with van der Waals surface area (Å²) < 4.78 is 7.04. The smallest absolute Gasteiger partial charge is 0.0665 e. The normalized spacial score (nSPS) is 24.6. The topological polar surface area (TPSA) is 21.3 Å². The molecule has 1 aromatic carbocycles. The molecular weight excluding hydrogens is 338 g/mol. The fourth-order valence-corrected chi connectivity index (χ4v) is 3.05. The molecule has 0 amide bonds. The molecule has 0 bridgehead atoms. The van der Waals surface area contributed by atoms with E-state index in [1.807, 2.05) is 18.2 Å². The highest BCUT2D eigenvalue weighted by molar-refractivity contribution is 9.10. The maximum Gasteiger partial charge on any atom is 0.0665 e. The van der Waals surface area contributed by atoms with Gasteiger partial charge < -0.3 is 10.1 Å². The lowest BCUT2D eigenvalue weighted by molar-refractivity contribution is -0.108. The van der Waals surface area contributed by atoms with Gasteiger partial charge in [-0.15, -0.1) is 0 Å². The molecule has 0 radical (unpaired) electrons. The van der Waals surface area contributed by atoms with Crippen molar-refractivity contribution in [3.63, 3.8) is 0 Å². The van der Waals surface area contributed by atoms with Gasteiger partial charge in [0.15, 0.2) is 0 Å². The molecule has 1 fully saturated rings. The number of ether oxygens (including phenoxy) is 1. The quantitative estimate of drug-likeness (QED) is 0.763. The van der Waals surface area contributed by atoms with Crippen LogP contribution in [-0.2, 0) is 4.74 Å². The number of benzene rings is 1. The van der Waals surface area contributed by atoms with Crippen molar-refractivity contribution in [3.8, 4) is 0 Å². The minimum atomic E-state index is 0.136. The average molecular weight is 361 g/mol. The minimum Gasteiger partial charge on any atom is -0.381 e. The molecule has 2 atom stereocenters. The second-order valence-corrected chi connectivity index (χ2v) is 7.88. The van der Waals surface area contributed by atoms with E-state index >= 15 is 0 Å². The third-order valence-corrected chi connectivity index (χ3v) is 4.99. The molecule has 0 aromatic heterocycles. The molecule has 4 heteroatoms. The molecule has 1 N–H and O–H groups in total. The number of rotatable bonds is 5. The Morgan fingerprint density at radius 2 is 2.15 bits per heavy atom. The highest BCUT2D eigenvalue weighted by atomic mass is 79.9. The van der Waals surface area contributed by atoms with Gasteiger partial charge in [0.1, 0.15) is 0 Å². The van der Waals surface area contributed by atoms with Crippen molar-refractivity contribution in [2.24, 2.45) is 11.3 Å². The lowest BCUT2D eigenvalue weighted by Gasteiger charge is -2.52. The number of nitrogens with one attached hydrogen (secondary N) is 1. The van der Waals surface area contributed by atoms with Crippen LogP contribution in [-0.4, -0.2) is 18.8 Å². The van der Waals surface area contributed by atoms with Gasteiger partial charge in [0.05, 0.1) is 11.8 Å². The lowest BCUT2D eigenvalue weighted by Crippen LogP contribution is -2.58. The third kappa shape index (κ3) is 3.49. The van der Waals surface area contributed by atoms with E-state index in [4.69, 9.17) is 16.3 Å². The maximum absolute atomic E-state index is 6.06. The molecule has 112 valence electrons. The maximum atomic E-state index is 6.06. The van der Waals surface area contributed by atoms with Gasteiger partial charge in [0.2, 0.25) is 0 Å². The predicted octanol–water partition coefficient (Wildman–Crippen LogP) is 5.35. The van der Waals surface area contributed by atoms with Crippen LogP contribution in [0.2, 0.25) is 5.02 Å². The van der Waals surface area contributed by atoms with E-state index in [1.165, 1.54) is 0 Å². The number of hydrogen-bond acceptors (Lipinski definition) is 2. The predicted molar refractivity (Wildman–Crippen MR) is 89.5 cm³/mol. The Labute approximate surface area is 135 Å². The minimum absolute atomic E-state index is 0.136. The van der Waals surface area contributed by atoms with Gasteiger partial charge in [0, 0.05) is 27.6 Å². The number of hydrogen-bond donors (Lipinski definition) is 1. The van der Waals surface area contributed by atoms with Crippen molar-refractivity contribution in [2.75, 3.05) is 11.9 Å². The zero-order valence-corrected chi connectivity index (χ0v) is 14.9. The Kier molecular flexibility index (Phi) is 5.04. The van der Waals surface area contributed by atoms with Gasteiger partial charge in [-0.2, -0.15) is 0 Å². The fourth-order valence-electron chi connectivity index (χ4n) is 2.52. The van der Waals surface area contributed by atoms with E-state index in [0.717, 1.165) is 28.2 Å². The van der Waals surface area contributed by atoms with E-state index in [1.54, 1.807) is 0 Å². The number of halogens is 2. The number of anilines is 1. The molecule has 1 aromatic rings. The van der Waals surface area contributed by atoms with E-state index in [0.29, 0.717) is 18.1 Å². The second kappa shape index (κ2) is 6.25. The zero-order valence-electron chi connectivity index (χ0n) is 12.5. The van der Waals surface area contributed by atoms with Crippen LogP contribution in [0.4, 0.5) is 5.69 Å². The summed E-state index contributed by atoms with van der Waals surface area (Å²) in [7, 11) is 0. The second-order valence-electron chi connectivity index (χ2n) is 6.59. The van der Waals surface area contributed by atoms with Crippen LogP contribution in [0.5, 0.6) is 0 Å². The third-order valence-electron chi connectivity index (χ3n) is 4.07. The molecule has 0 spiro atoms. The molecule has 2 nitrogen and oxygen atoms in total. The van der Waals surface area contributed by atoms with Crippen LogP contribution in [0.3, 0.4) is 0 Å². The van der Waals surface area contributed by atoms with Gasteiger partial charge in [-0.1, -0.05) is 39.3 Å². The summed E-state index contributed by atoms with van der Waals surface area (Å²) in [6, 6.07) is 6.24. The fraction of sp³-hybridized carbons (Fsp3) is 0.625. The van der Waals surface area contributed by atoms with Gasteiger partial charge in [0.25, 0.3) is 0 Å². The molecule has 0 aliphatic heterocycles. The Morgan fingerprint density at radius 1 is 1.45 bits per heavy atom. The molecule has 1 aliphatic rings. The summed E-state index contributed by atoms with van der Waals surface area (Å²) in [5, 5.41) is 4.33. The summed E-state index contributed by atoms with van der Waals surface area (Å²) in [5.74, 6) is 0.583. The average Bonchev–Trinajstić information content (AvgIpc) is 2.36. The van der Waals surface area contributed by atoms with Crippen LogP contribution in [0.25, 0.3) is 0 Å². The first-order valence-electron chi connectivity index (χ1n) is 7.14. The zero-order chi connectivity index (χ0) is 14.9.